The Morgan fingerprint density at radius 1 is 0.842 bits per heavy atom. The van der Waals surface area contributed by atoms with Gasteiger partial charge in [-0.2, -0.15) is 0 Å². The van der Waals surface area contributed by atoms with Crippen LogP contribution in [-0.2, 0) is 0 Å². The van der Waals surface area contributed by atoms with Crippen LogP contribution in [0.5, 0.6) is 5.75 Å². The zero-order valence-electron chi connectivity index (χ0n) is 11.4. The van der Waals surface area contributed by atoms with Crippen LogP contribution in [0.1, 0.15) is 49.0 Å². The molecule has 2 nitrogen and oxygen atoms in total. The molecule has 0 bridgehead atoms. The van der Waals surface area contributed by atoms with Crippen molar-refractivity contribution in [1.29, 1.82) is 0 Å². The average Bonchev–Trinajstić information content (AvgIpc) is 2.46. The Morgan fingerprint density at radius 2 is 1.26 bits per heavy atom. The highest BCUT2D eigenvalue weighted by molar-refractivity contribution is 5.35. The van der Waals surface area contributed by atoms with Crippen LogP contribution in [0.15, 0.2) is 48.5 Å². The number of aliphatic hydroxyl groups excluding tert-OH is 1. The Balaban J connectivity index is 2.19. The van der Waals surface area contributed by atoms with E-state index in [0.717, 1.165) is 17.5 Å². The van der Waals surface area contributed by atoms with Gasteiger partial charge < -0.3 is 10.2 Å². The molecule has 0 heterocycles. The summed E-state index contributed by atoms with van der Waals surface area (Å²) in [7, 11) is 0. The summed E-state index contributed by atoms with van der Waals surface area (Å²) in [6, 6.07) is 14.8. The summed E-state index contributed by atoms with van der Waals surface area (Å²) < 4.78 is 0. The second-order valence-electron chi connectivity index (χ2n) is 4.97. The van der Waals surface area contributed by atoms with Crippen molar-refractivity contribution in [2.24, 2.45) is 0 Å². The number of phenols is 1. The topological polar surface area (TPSA) is 40.5 Å². The largest absolute Gasteiger partial charge is 0.508 e. The molecule has 2 aromatic carbocycles. The molecule has 19 heavy (non-hydrogen) atoms. The van der Waals surface area contributed by atoms with E-state index < -0.39 is 6.10 Å². The van der Waals surface area contributed by atoms with Gasteiger partial charge in [0, 0.05) is 0 Å². The fourth-order valence-electron chi connectivity index (χ4n) is 2.09. The molecule has 0 saturated heterocycles. The minimum Gasteiger partial charge on any atom is -0.508 e. The lowest BCUT2D eigenvalue weighted by Gasteiger charge is -2.14. The number of aliphatic hydroxyl groups is 1. The monoisotopic (exact) mass is 256 g/mol. The first-order valence-electron chi connectivity index (χ1n) is 6.68. The van der Waals surface area contributed by atoms with Gasteiger partial charge in [0.05, 0.1) is 0 Å². The highest BCUT2D eigenvalue weighted by Gasteiger charge is 2.11. The van der Waals surface area contributed by atoms with Crippen LogP contribution >= 0.6 is 0 Å². The van der Waals surface area contributed by atoms with Crippen LogP contribution < -0.4 is 0 Å². The van der Waals surface area contributed by atoms with Crippen LogP contribution in [0.3, 0.4) is 0 Å². The standard InChI is InChI=1S/C17H20O2/c1-3-12(2)13-4-6-14(7-5-13)17(19)15-8-10-16(18)11-9-15/h4-12,17-19H,3H2,1-2H3. The maximum atomic E-state index is 10.3. The predicted octanol–water partition coefficient (Wildman–Crippen LogP) is 3.99. The first-order chi connectivity index (χ1) is 9.11. The smallest absolute Gasteiger partial charge is 0.115 e. The van der Waals surface area contributed by atoms with E-state index in [0.29, 0.717) is 5.92 Å². The number of hydrogen-bond acceptors (Lipinski definition) is 2. The van der Waals surface area contributed by atoms with Crippen molar-refractivity contribution in [2.45, 2.75) is 32.3 Å². The van der Waals surface area contributed by atoms with E-state index in [4.69, 9.17) is 0 Å². The molecule has 0 aromatic heterocycles. The first kappa shape index (κ1) is 13.6. The molecule has 0 spiro atoms. The summed E-state index contributed by atoms with van der Waals surface area (Å²) in [6.07, 6.45) is 0.464. The lowest BCUT2D eigenvalue weighted by atomic mass is 9.95. The number of aromatic hydroxyl groups is 1. The summed E-state index contributed by atoms with van der Waals surface area (Å²) in [5, 5.41) is 19.5. The van der Waals surface area contributed by atoms with Crippen molar-refractivity contribution in [3.8, 4) is 5.75 Å². The Hall–Kier alpha value is -1.80. The minimum atomic E-state index is -0.647. The average molecular weight is 256 g/mol. The highest BCUT2D eigenvalue weighted by Crippen LogP contribution is 2.26. The maximum Gasteiger partial charge on any atom is 0.115 e. The molecule has 2 aromatic rings. The normalized spacial score (nSPS) is 14.1. The Kier molecular flexibility index (Phi) is 4.23. The predicted molar refractivity (Wildman–Crippen MR) is 77.3 cm³/mol. The van der Waals surface area contributed by atoms with E-state index in [1.807, 2.05) is 12.1 Å². The van der Waals surface area contributed by atoms with Crippen LogP contribution in [0.25, 0.3) is 0 Å². The molecule has 0 fully saturated rings. The first-order valence-corrected chi connectivity index (χ1v) is 6.68. The van der Waals surface area contributed by atoms with Gasteiger partial charge in [0.25, 0.3) is 0 Å². The quantitative estimate of drug-likeness (QED) is 0.868. The molecule has 2 heteroatoms. The fraction of sp³-hybridized carbons (Fsp3) is 0.294. The summed E-state index contributed by atoms with van der Waals surface area (Å²) >= 11 is 0. The van der Waals surface area contributed by atoms with E-state index in [9.17, 15) is 10.2 Å². The molecule has 2 N–H and O–H groups in total. The molecule has 0 saturated carbocycles. The highest BCUT2D eigenvalue weighted by atomic mass is 16.3. The third kappa shape index (κ3) is 3.15. The van der Waals surface area contributed by atoms with Gasteiger partial charge in [-0.3, -0.25) is 0 Å². The second-order valence-corrected chi connectivity index (χ2v) is 4.97. The molecule has 0 aliphatic heterocycles. The summed E-state index contributed by atoms with van der Waals surface area (Å²) in [4.78, 5) is 0. The molecule has 2 rings (SSSR count). The summed E-state index contributed by atoms with van der Waals surface area (Å²) in [5.41, 5.74) is 2.95. The maximum absolute atomic E-state index is 10.3. The van der Waals surface area contributed by atoms with E-state index >= 15 is 0 Å². The molecular weight excluding hydrogens is 236 g/mol. The third-order valence-electron chi connectivity index (χ3n) is 3.64. The van der Waals surface area contributed by atoms with Crippen LogP contribution in [0.2, 0.25) is 0 Å². The second kappa shape index (κ2) is 5.89. The number of benzene rings is 2. The Morgan fingerprint density at radius 3 is 1.74 bits per heavy atom. The van der Waals surface area contributed by atoms with Gasteiger partial charge in [0.2, 0.25) is 0 Å². The van der Waals surface area contributed by atoms with Crippen LogP contribution in [0, 0.1) is 0 Å². The van der Waals surface area contributed by atoms with E-state index in [1.54, 1.807) is 24.3 Å². The van der Waals surface area contributed by atoms with Gasteiger partial charge in [-0.1, -0.05) is 50.2 Å². The van der Waals surface area contributed by atoms with Gasteiger partial charge in [0.15, 0.2) is 0 Å². The molecule has 0 amide bonds. The Bertz CT molecular complexity index is 514. The molecule has 2 unspecified atom stereocenters. The Labute approximate surface area is 114 Å². The van der Waals surface area contributed by atoms with Gasteiger partial charge in [0.1, 0.15) is 11.9 Å². The molecule has 100 valence electrons. The SMILES string of the molecule is CCC(C)c1ccc(C(O)c2ccc(O)cc2)cc1. The van der Waals surface area contributed by atoms with E-state index in [1.165, 1.54) is 5.56 Å². The van der Waals surface area contributed by atoms with Gasteiger partial charge >= 0.3 is 0 Å². The molecule has 0 aliphatic rings. The van der Waals surface area contributed by atoms with Gasteiger partial charge in [-0.05, 0) is 41.2 Å². The van der Waals surface area contributed by atoms with Crippen molar-refractivity contribution in [1.82, 2.24) is 0 Å². The van der Waals surface area contributed by atoms with Crippen molar-refractivity contribution >= 4 is 0 Å². The fourth-order valence-corrected chi connectivity index (χ4v) is 2.09. The van der Waals surface area contributed by atoms with E-state index in [-0.39, 0.29) is 5.75 Å². The molecular formula is C17H20O2. The lowest BCUT2D eigenvalue weighted by molar-refractivity contribution is 0.220. The lowest BCUT2D eigenvalue weighted by Crippen LogP contribution is -2.00. The minimum absolute atomic E-state index is 0.211. The van der Waals surface area contributed by atoms with Crippen molar-refractivity contribution in [3.05, 3.63) is 65.2 Å². The molecule has 0 radical (unpaired) electrons. The summed E-state index contributed by atoms with van der Waals surface area (Å²) in [6.45, 7) is 4.37. The van der Waals surface area contributed by atoms with Crippen LogP contribution in [-0.4, -0.2) is 10.2 Å². The van der Waals surface area contributed by atoms with Crippen molar-refractivity contribution in [2.75, 3.05) is 0 Å². The zero-order valence-corrected chi connectivity index (χ0v) is 11.4. The van der Waals surface area contributed by atoms with Crippen LogP contribution in [0.4, 0.5) is 0 Å². The van der Waals surface area contributed by atoms with E-state index in [2.05, 4.69) is 26.0 Å². The van der Waals surface area contributed by atoms with Crippen molar-refractivity contribution < 1.29 is 10.2 Å². The third-order valence-corrected chi connectivity index (χ3v) is 3.64. The van der Waals surface area contributed by atoms with Crippen molar-refractivity contribution in [3.63, 3.8) is 0 Å². The van der Waals surface area contributed by atoms with Gasteiger partial charge in [-0.15, -0.1) is 0 Å². The number of phenolic OH excluding ortho intramolecular Hbond substituents is 1. The summed E-state index contributed by atoms with van der Waals surface area (Å²) in [5.74, 6) is 0.753. The number of hydrogen-bond donors (Lipinski definition) is 2. The molecule has 0 aliphatic carbocycles. The van der Waals surface area contributed by atoms with Gasteiger partial charge in [-0.25, -0.2) is 0 Å². The number of rotatable bonds is 4. The molecule has 2 atom stereocenters. The zero-order chi connectivity index (χ0) is 13.8.